The van der Waals surface area contributed by atoms with Crippen LogP contribution in [-0.2, 0) is 10.9 Å². The molecule has 7 heteroatoms. The van der Waals surface area contributed by atoms with Crippen LogP contribution >= 0.6 is 0 Å². The minimum absolute atomic E-state index is 0.00442. The molecule has 1 heterocycles. The zero-order valence-electron chi connectivity index (χ0n) is 12.1. The molecule has 2 aromatic rings. The van der Waals surface area contributed by atoms with Crippen LogP contribution in [0, 0.1) is 0 Å². The summed E-state index contributed by atoms with van der Waals surface area (Å²) in [6, 6.07) is 8.50. The molecule has 0 aliphatic heterocycles. The summed E-state index contributed by atoms with van der Waals surface area (Å²) < 4.78 is 44.9. The van der Waals surface area contributed by atoms with Gasteiger partial charge in [0.2, 0.25) is 0 Å². The molecule has 0 N–H and O–H groups in total. The molecule has 4 nitrogen and oxygen atoms in total. The number of aromatic nitrogens is 2. The lowest BCUT2D eigenvalue weighted by molar-refractivity contribution is -0.142. The number of carbonyl (C=O) groups is 1. The highest BCUT2D eigenvalue weighted by Gasteiger charge is 2.40. The van der Waals surface area contributed by atoms with Gasteiger partial charge in [-0.25, -0.2) is 4.79 Å². The highest BCUT2D eigenvalue weighted by atomic mass is 19.4. The minimum Gasteiger partial charge on any atom is -0.462 e. The van der Waals surface area contributed by atoms with Crippen LogP contribution in [0.25, 0.3) is 0 Å². The Kier molecular flexibility index (Phi) is 4.54. The van der Waals surface area contributed by atoms with Gasteiger partial charge in [0.1, 0.15) is 5.56 Å². The maximum absolute atomic E-state index is 13.0. The SMILES string of the molecule is CCOC(=O)c1cn(C(C)c2ccccc2)nc1C(F)(F)F. The van der Waals surface area contributed by atoms with Gasteiger partial charge in [-0.15, -0.1) is 0 Å². The Morgan fingerprint density at radius 3 is 2.50 bits per heavy atom. The van der Waals surface area contributed by atoms with Gasteiger partial charge in [0.15, 0.2) is 5.69 Å². The smallest absolute Gasteiger partial charge is 0.436 e. The van der Waals surface area contributed by atoms with Crippen molar-refractivity contribution < 1.29 is 22.7 Å². The maximum Gasteiger partial charge on any atom is 0.436 e. The van der Waals surface area contributed by atoms with Gasteiger partial charge in [0.25, 0.3) is 0 Å². The lowest BCUT2D eigenvalue weighted by Gasteiger charge is -2.12. The van der Waals surface area contributed by atoms with E-state index in [0.29, 0.717) is 0 Å². The first-order valence-electron chi connectivity index (χ1n) is 6.73. The van der Waals surface area contributed by atoms with Crippen molar-refractivity contribution >= 4 is 5.97 Å². The fourth-order valence-corrected chi connectivity index (χ4v) is 2.04. The number of ether oxygens (including phenoxy) is 1. The van der Waals surface area contributed by atoms with Crippen LogP contribution in [0.4, 0.5) is 13.2 Å². The van der Waals surface area contributed by atoms with Crippen LogP contribution in [-0.4, -0.2) is 22.4 Å². The van der Waals surface area contributed by atoms with E-state index in [1.807, 2.05) is 6.07 Å². The molecule has 0 fully saturated rings. The predicted molar refractivity (Wildman–Crippen MR) is 73.4 cm³/mol. The van der Waals surface area contributed by atoms with E-state index in [1.54, 1.807) is 31.2 Å². The van der Waals surface area contributed by atoms with E-state index in [0.717, 1.165) is 16.4 Å². The lowest BCUT2D eigenvalue weighted by atomic mass is 10.1. The van der Waals surface area contributed by atoms with Gasteiger partial charge in [-0.1, -0.05) is 30.3 Å². The summed E-state index contributed by atoms with van der Waals surface area (Å²) in [4.78, 5) is 11.7. The van der Waals surface area contributed by atoms with Crippen molar-refractivity contribution in [3.63, 3.8) is 0 Å². The average Bonchev–Trinajstić information content (AvgIpc) is 2.93. The van der Waals surface area contributed by atoms with Gasteiger partial charge in [-0.3, -0.25) is 4.68 Å². The highest BCUT2D eigenvalue weighted by Crippen LogP contribution is 2.32. The van der Waals surface area contributed by atoms with Crippen molar-refractivity contribution in [3.8, 4) is 0 Å². The number of halogens is 3. The largest absolute Gasteiger partial charge is 0.462 e. The third kappa shape index (κ3) is 3.29. The van der Waals surface area contributed by atoms with E-state index >= 15 is 0 Å². The van der Waals surface area contributed by atoms with Gasteiger partial charge in [0.05, 0.1) is 12.6 Å². The number of nitrogens with zero attached hydrogens (tertiary/aromatic N) is 2. The third-order valence-corrected chi connectivity index (χ3v) is 3.17. The van der Waals surface area contributed by atoms with Crippen molar-refractivity contribution in [2.75, 3.05) is 6.61 Å². The first-order chi connectivity index (χ1) is 10.3. The van der Waals surface area contributed by atoms with Gasteiger partial charge in [0, 0.05) is 6.20 Å². The normalized spacial score (nSPS) is 13.0. The number of benzene rings is 1. The summed E-state index contributed by atoms with van der Waals surface area (Å²) in [5, 5.41) is 3.55. The van der Waals surface area contributed by atoms with Crippen molar-refractivity contribution in [1.29, 1.82) is 0 Å². The fourth-order valence-electron chi connectivity index (χ4n) is 2.04. The quantitative estimate of drug-likeness (QED) is 0.809. The van der Waals surface area contributed by atoms with Crippen LogP contribution in [0.15, 0.2) is 36.5 Å². The Bertz CT molecular complexity index is 651. The molecule has 0 aliphatic carbocycles. The summed E-state index contributed by atoms with van der Waals surface area (Å²) >= 11 is 0. The van der Waals surface area contributed by atoms with Gasteiger partial charge in [-0.2, -0.15) is 18.3 Å². The van der Waals surface area contributed by atoms with Crippen molar-refractivity contribution in [2.45, 2.75) is 26.1 Å². The molecule has 0 bridgehead atoms. The molecule has 1 unspecified atom stereocenters. The fraction of sp³-hybridized carbons (Fsp3) is 0.333. The molecular weight excluding hydrogens is 297 g/mol. The second-order valence-corrected chi connectivity index (χ2v) is 4.68. The molecule has 1 atom stereocenters. The van der Waals surface area contributed by atoms with Gasteiger partial charge >= 0.3 is 12.1 Å². The molecule has 0 radical (unpaired) electrons. The van der Waals surface area contributed by atoms with E-state index in [4.69, 9.17) is 0 Å². The van der Waals surface area contributed by atoms with Gasteiger partial charge < -0.3 is 4.74 Å². The van der Waals surface area contributed by atoms with Crippen LogP contribution < -0.4 is 0 Å². The standard InChI is InChI=1S/C15H15F3N2O2/c1-3-22-14(21)12-9-20(19-13(12)15(16,17)18)10(2)11-7-5-4-6-8-11/h4-10H,3H2,1-2H3. The number of carbonyl (C=O) groups excluding carboxylic acids is 1. The molecule has 0 amide bonds. The topological polar surface area (TPSA) is 44.1 Å². The summed E-state index contributed by atoms with van der Waals surface area (Å²) in [7, 11) is 0. The number of esters is 1. The molecule has 2 rings (SSSR count). The summed E-state index contributed by atoms with van der Waals surface area (Å²) in [5.74, 6) is -1.03. The average molecular weight is 312 g/mol. The molecule has 0 saturated carbocycles. The van der Waals surface area contributed by atoms with Crippen molar-refractivity contribution in [3.05, 3.63) is 53.3 Å². The Hall–Kier alpha value is -2.31. The van der Waals surface area contributed by atoms with Crippen LogP contribution in [0.3, 0.4) is 0 Å². The molecule has 0 aliphatic rings. The minimum atomic E-state index is -4.72. The van der Waals surface area contributed by atoms with E-state index in [9.17, 15) is 18.0 Å². The number of alkyl halides is 3. The van der Waals surface area contributed by atoms with E-state index in [2.05, 4.69) is 9.84 Å². The molecule has 1 aromatic carbocycles. The summed E-state index contributed by atoms with van der Waals surface area (Å²) in [5.41, 5.74) is -1.01. The molecule has 22 heavy (non-hydrogen) atoms. The van der Waals surface area contributed by atoms with Gasteiger partial charge in [-0.05, 0) is 19.4 Å². The third-order valence-electron chi connectivity index (χ3n) is 3.17. The number of hydrogen-bond acceptors (Lipinski definition) is 3. The number of hydrogen-bond donors (Lipinski definition) is 0. The van der Waals surface area contributed by atoms with Crippen molar-refractivity contribution in [2.24, 2.45) is 0 Å². The maximum atomic E-state index is 13.0. The Morgan fingerprint density at radius 1 is 1.32 bits per heavy atom. The van der Waals surface area contributed by atoms with Crippen LogP contribution in [0.1, 0.15) is 41.5 Å². The highest BCUT2D eigenvalue weighted by molar-refractivity contribution is 5.90. The summed E-state index contributed by atoms with van der Waals surface area (Å²) in [6.45, 7) is 3.23. The van der Waals surface area contributed by atoms with Crippen LogP contribution in [0.5, 0.6) is 0 Å². The van der Waals surface area contributed by atoms with E-state index in [1.165, 1.54) is 6.92 Å². The molecular formula is C15H15F3N2O2. The second kappa shape index (κ2) is 6.21. The zero-order chi connectivity index (χ0) is 16.3. The van der Waals surface area contributed by atoms with E-state index in [-0.39, 0.29) is 6.61 Å². The van der Waals surface area contributed by atoms with Crippen molar-refractivity contribution in [1.82, 2.24) is 9.78 Å². The molecule has 0 saturated heterocycles. The number of rotatable bonds is 4. The molecule has 0 spiro atoms. The summed E-state index contributed by atoms with van der Waals surface area (Å²) in [6.07, 6.45) is -3.64. The predicted octanol–water partition coefficient (Wildman–Crippen LogP) is 3.69. The lowest BCUT2D eigenvalue weighted by Crippen LogP contribution is -2.14. The first kappa shape index (κ1) is 16.1. The molecule has 118 valence electrons. The zero-order valence-corrected chi connectivity index (χ0v) is 12.1. The Labute approximate surface area is 125 Å². The van der Waals surface area contributed by atoms with Crippen LogP contribution in [0.2, 0.25) is 0 Å². The van der Waals surface area contributed by atoms with E-state index < -0.39 is 29.4 Å². The Balaban J connectivity index is 2.44. The Morgan fingerprint density at radius 2 is 1.95 bits per heavy atom. The monoisotopic (exact) mass is 312 g/mol. The second-order valence-electron chi connectivity index (χ2n) is 4.68. The first-order valence-corrected chi connectivity index (χ1v) is 6.73. The molecule has 1 aromatic heterocycles.